The van der Waals surface area contributed by atoms with Gasteiger partial charge in [0.25, 0.3) is 0 Å². The molecule has 0 spiro atoms. The van der Waals surface area contributed by atoms with Crippen LogP contribution in [0.3, 0.4) is 0 Å². The SMILES string of the molecule is CCn1cc(C(CC(=O)O)NC(=O)OCC2c3ccccc3-c3ccccc32)nn1. The molecule has 0 saturated heterocycles. The number of fused-ring (bicyclic) bond motifs is 3. The number of nitrogens with zero attached hydrogens (tertiary/aromatic N) is 3. The fourth-order valence-corrected chi connectivity index (χ4v) is 3.81. The third-order valence-corrected chi connectivity index (χ3v) is 5.25. The maximum absolute atomic E-state index is 12.5. The van der Waals surface area contributed by atoms with Gasteiger partial charge in [0, 0.05) is 12.5 Å². The van der Waals surface area contributed by atoms with Crippen LogP contribution in [0.1, 0.15) is 42.1 Å². The van der Waals surface area contributed by atoms with Crippen molar-refractivity contribution in [2.75, 3.05) is 6.61 Å². The second kappa shape index (κ2) is 8.36. The number of rotatable bonds is 7. The Morgan fingerprint density at radius 1 is 1.13 bits per heavy atom. The van der Waals surface area contributed by atoms with Gasteiger partial charge < -0.3 is 15.2 Å². The molecule has 154 valence electrons. The number of ether oxygens (including phenoxy) is 1. The Kier molecular flexibility index (Phi) is 5.47. The quantitative estimate of drug-likeness (QED) is 0.623. The van der Waals surface area contributed by atoms with Crippen LogP contribution in [0.2, 0.25) is 0 Å². The van der Waals surface area contributed by atoms with Crippen molar-refractivity contribution in [3.05, 3.63) is 71.5 Å². The number of carboxylic acids is 1. The lowest BCUT2D eigenvalue weighted by Crippen LogP contribution is -2.32. The maximum atomic E-state index is 12.5. The first-order chi connectivity index (χ1) is 14.6. The molecule has 0 radical (unpaired) electrons. The number of aromatic nitrogens is 3. The first-order valence-electron chi connectivity index (χ1n) is 9.80. The van der Waals surface area contributed by atoms with Crippen LogP contribution in [-0.2, 0) is 16.1 Å². The van der Waals surface area contributed by atoms with Gasteiger partial charge in [-0.2, -0.15) is 0 Å². The second-order valence-corrected chi connectivity index (χ2v) is 7.12. The van der Waals surface area contributed by atoms with E-state index in [4.69, 9.17) is 4.74 Å². The van der Waals surface area contributed by atoms with Gasteiger partial charge in [-0.05, 0) is 29.2 Å². The van der Waals surface area contributed by atoms with Crippen LogP contribution in [0.25, 0.3) is 11.1 Å². The van der Waals surface area contributed by atoms with Gasteiger partial charge in [-0.1, -0.05) is 53.7 Å². The molecule has 1 atom stereocenters. The zero-order valence-corrected chi connectivity index (χ0v) is 16.5. The van der Waals surface area contributed by atoms with Crippen LogP contribution in [0, 0.1) is 0 Å². The molecule has 2 aromatic carbocycles. The Bertz CT molecular complexity index is 1030. The monoisotopic (exact) mass is 406 g/mol. The van der Waals surface area contributed by atoms with Crippen LogP contribution in [0.15, 0.2) is 54.7 Å². The number of hydrogen-bond acceptors (Lipinski definition) is 5. The number of aliphatic carboxylic acids is 1. The van der Waals surface area contributed by atoms with Gasteiger partial charge in [0.2, 0.25) is 0 Å². The normalized spacial score (nSPS) is 13.4. The van der Waals surface area contributed by atoms with Crippen molar-refractivity contribution in [1.29, 1.82) is 0 Å². The Labute approximate surface area is 173 Å². The molecule has 0 bridgehead atoms. The van der Waals surface area contributed by atoms with Crippen molar-refractivity contribution in [1.82, 2.24) is 20.3 Å². The molecule has 3 aromatic rings. The molecule has 1 unspecified atom stereocenters. The van der Waals surface area contributed by atoms with Gasteiger partial charge >= 0.3 is 12.1 Å². The molecule has 30 heavy (non-hydrogen) atoms. The summed E-state index contributed by atoms with van der Waals surface area (Å²) in [5.41, 5.74) is 4.88. The molecule has 1 aliphatic carbocycles. The van der Waals surface area contributed by atoms with E-state index in [0.29, 0.717) is 12.2 Å². The average molecular weight is 406 g/mol. The number of aryl methyl sites for hydroxylation is 1. The molecule has 1 amide bonds. The minimum absolute atomic E-state index is 0.0676. The average Bonchev–Trinajstić information content (AvgIpc) is 3.35. The molecule has 2 N–H and O–H groups in total. The van der Waals surface area contributed by atoms with Gasteiger partial charge in [-0.15, -0.1) is 5.10 Å². The van der Waals surface area contributed by atoms with Crippen LogP contribution in [0.4, 0.5) is 4.79 Å². The third kappa shape index (κ3) is 3.89. The Hall–Kier alpha value is -3.68. The van der Waals surface area contributed by atoms with Gasteiger partial charge in [0.05, 0.1) is 18.7 Å². The van der Waals surface area contributed by atoms with Gasteiger partial charge in [-0.25, -0.2) is 4.79 Å². The lowest BCUT2D eigenvalue weighted by Gasteiger charge is -2.17. The van der Waals surface area contributed by atoms with E-state index in [0.717, 1.165) is 22.3 Å². The minimum atomic E-state index is -1.05. The lowest BCUT2D eigenvalue weighted by atomic mass is 9.98. The van der Waals surface area contributed by atoms with Crippen LogP contribution in [0.5, 0.6) is 0 Å². The summed E-state index contributed by atoms with van der Waals surface area (Å²) in [5.74, 6) is -1.12. The standard InChI is InChI=1S/C22H22N4O4/c1-2-26-12-20(24-25-26)19(11-21(27)28)23-22(29)30-13-18-16-9-5-3-7-14(16)15-8-4-6-10-17(15)18/h3-10,12,18-19H,2,11,13H2,1H3,(H,23,29)(H,27,28). The molecular weight excluding hydrogens is 384 g/mol. The van der Waals surface area contributed by atoms with Crippen LogP contribution < -0.4 is 5.32 Å². The first kappa shape index (κ1) is 19.6. The number of carboxylic acid groups (broad SMARTS) is 1. The molecule has 0 saturated carbocycles. The highest BCUT2D eigenvalue weighted by Gasteiger charge is 2.29. The van der Waals surface area contributed by atoms with E-state index >= 15 is 0 Å². The number of hydrogen-bond donors (Lipinski definition) is 2. The Morgan fingerprint density at radius 2 is 1.77 bits per heavy atom. The van der Waals surface area contributed by atoms with Crippen molar-refractivity contribution < 1.29 is 19.4 Å². The van der Waals surface area contributed by atoms with Crippen molar-refractivity contribution in [2.24, 2.45) is 0 Å². The van der Waals surface area contributed by atoms with Gasteiger partial charge in [0.1, 0.15) is 12.3 Å². The lowest BCUT2D eigenvalue weighted by molar-refractivity contribution is -0.137. The first-order valence-corrected chi connectivity index (χ1v) is 9.80. The summed E-state index contributed by atoms with van der Waals surface area (Å²) >= 11 is 0. The van der Waals surface area contributed by atoms with Crippen LogP contribution in [-0.4, -0.2) is 38.8 Å². The minimum Gasteiger partial charge on any atom is -0.481 e. The van der Waals surface area contributed by atoms with E-state index < -0.39 is 18.1 Å². The number of carbonyl (C=O) groups excluding carboxylic acids is 1. The van der Waals surface area contributed by atoms with E-state index in [2.05, 4.69) is 27.8 Å². The second-order valence-electron chi connectivity index (χ2n) is 7.12. The molecular formula is C22H22N4O4. The Balaban J connectivity index is 1.47. The van der Waals surface area contributed by atoms with Crippen molar-refractivity contribution >= 4 is 12.1 Å². The summed E-state index contributed by atoms with van der Waals surface area (Å²) in [4.78, 5) is 23.7. The molecule has 0 aliphatic heterocycles. The van der Waals surface area contributed by atoms with E-state index in [1.165, 1.54) is 0 Å². The highest BCUT2D eigenvalue weighted by Crippen LogP contribution is 2.44. The van der Waals surface area contributed by atoms with E-state index in [9.17, 15) is 14.7 Å². The predicted octanol–water partition coefficient (Wildman–Crippen LogP) is 3.35. The molecule has 1 aromatic heterocycles. The molecule has 0 fully saturated rings. The Morgan fingerprint density at radius 3 is 2.33 bits per heavy atom. The van der Waals surface area contributed by atoms with Crippen molar-refractivity contribution in [2.45, 2.75) is 31.8 Å². The number of benzene rings is 2. The van der Waals surface area contributed by atoms with E-state index in [1.807, 2.05) is 43.3 Å². The highest BCUT2D eigenvalue weighted by atomic mass is 16.5. The number of alkyl carbamates (subject to hydrolysis) is 1. The fraction of sp³-hybridized carbons (Fsp3) is 0.273. The molecule has 8 nitrogen and oxygen atoms in total. The molecule has 1 aliphatic rings. The smallest absolute Gasteiger partial charge is 0.407 e. The summed E-state index contributed by atoms with van der Waals surface area (Å²) in [6.45, 7) is 2.64. The maximum Gasteiger partial charge on any atom is 0.407 e. The predicted molar refractivity (Wildman–Crippen MR) is 109 cm³/mol. The van der Waals surface area contributed by atoms with Crippen molar-refractivity contribution in [3.8, 4) is 11.1 Å². The molecule has 1 heterocycles. The van der Waals surface area contributed by atoms with Crippen LogP contribution >= 0.6 is 0 Å². The summed E-state index contributed by atoms with van der Waals surface area (Å²) in [7, 11) is 0. The largest absolute Gasteiger partial charge is 0.481 e. The van der Waals surface area contributed by atoms with Crippen molar-refractivity contribution in [3.63, 3.8) is 0 Å². The topological polar surface area (TPSA) is 106 Å². The number of nitrogens with one attached hydrogen (secondary N) is 1. The van der Waals surface area contributed by atoms with E-state index in [-0.39, 0.29) is 18.9 Å². The third-order valence-electron chi connectivity index (χ3n) is 5.25. The number of amides is 1. The van der Waals surface area contributed by atoms with Gasteiger partial charge in [-0.3, -0.25) is 9.48 Å². The fourth-order valence-electron chi connectivity index (χ4n) is 3.81. The zero-order chi connectivity index (χ0) is 21.1. The zero-order valence-electron chi connectivity index (χ0n) is 16.5. The summed E-state index contributed by atoms with van der Waals surface area (Å²) in [5, 5.41) is 19.7. The molecule has 8 heteroatoms. The highest BCUT2D eigenvalue weighted by molar-refractivity contribution is 5.79. The molecule has 4 rings (SSSR count). The summed E-state index contributed by atoms with van der Waals surface area (Å²) < 4.78 is 7.08. The van der Waals surface area contributed by atoms with E-state index in [1.54, 1.807) is 10.9 Å². The van der Waals surface area contributed by atoms with Gasteiger partial charge in [0.15, 0.2) is 0 Å². The summed E-state index contributed by atoms with van der Waals surface area (Å²) in [6.07, 6.45) is 0.624. The number of carbonyl (C=O) groups is 2. The summed E-state index contributed by atoms with van der Waals surface area (Å²) in [6, 6.07) is 15.3.